The van der Waals surface area contributed by atoms with Crippen molar-refractivity contribution in [2.45, 2.75) is 6.10 Å². The molecule has 0 saturated heterocycles. The summed E-state index contributed by atoms with van der Waals surface area (Å²) >= 11 is 5.27. The Bertz CT molecular complexity index is 332. The van der Waals surface area contributed by atoms with Crippen molar-refractivity contribution in [2.24, 2.45) is 5.16 Å². The lowest BCUT2D eigenvalue weighted by Crippen LogP contribution is -2.35. The van der Waals surface area contributed by atoms with Crippen LogP contribution in [0.2, 0.25) is 0 Å². The molecular formula is C7H6ClNO6. The van der Waals surface area contributed by atoms with Gasteiger partial charge in [0.05, 0.1) is 0 Å². The van der Waals surface area contributed by atoms with Gasteiger partial charge in [0.15, 0.2) is 5.94 Å². The molecule has 15 heavy (non-hydrogen) atoms. The van der Waals surface area contributed by atoms with Gasteiger partial charge in [0.25, 0.3) is 0 Å². The number of methoxy groups -OCH3 is 1. The minimum atomic E-state index is -1.76. The third-order valence-electron chi connectivity index (χ3n) is 1.14. The van der Waals surface area contributed by atoms with E-state index in [1.165, 1.54) is 5.94 Å². The lowest BCUT2D eigenvalue weighted by Gasteiger charge is -2.06. The Morgan fingerprint density at radius 1 is 1.60 bits per heavy atom. The van der Waals surface area contributed by atoms with Gasteiger partial charge in [-0.3, -0.25) is 4.79 Å². The molecule has 0 rings (SSSR count). The van der Waals surface area contributed by atoms with Gasteiger partial charge in [0, 0.05) is 7.11 Å². The third-order valence-corrected chi connectivity index (χ3v) is 1.39. The highest BCUT2D eigenvalue weighted by Crippen LogP contribution is 1.99. The Kier molecular flexibility index (Phi) is 5.96. The van der Waals surface area contributed by atoms with Gasteiger partial charge in [0.2, 0.25) is 23.3 Å². The lowest BCUT2D eigenvalue weighted by molar-refractivity contribution is -0.151. The second kappa shape index (κ2) is 6.72. The molecule has 82 valence electrons. The standard InChI is InChI=1S/C7H6ClNO6/c1-14-5(7(12)13)4(11)6(8)9-15-3-2-10/h3,5H,1H3,(H,12,13)/t5-/m1/s1. The number of rotatable bonds is 6. The molecule has 0 aliphatic heterocycles. The van der Waals surface area contributed by atoms with Gasteiger partial charge in [-0.2, -0.15) is 0 Å². The molecule has 1 atom stereocenters. The molecule has 1 N–H and O–H groups in total. The molecular weight excluding hydrogens is 230 g/mol. The molecule has 0 aromatic carbocycles. The van der Waals surface area contributed by atoms with Crippen molar-refractivity contribution >= 4 is 34.5 Å². The predicted octanol–water partition coefficient (Wildman–Crippen LogP) is -0.431. The fourth-order valence-corrected chi connectivity index (χ4v) is 0.706. The van der Waals surface area contributed by atoms with Gasteiger partial charge in [-0.1, -0.05) is 16.8 Å². The van der Waals surface area contributed by atoms with Gasteiger partial charge in [0.1, 0.15) is 0 Å². The van der Waals surface area contributed by atoms with E-state index >= 15 is 0 Å². The number of ketones is 1. The molecule has 0 amide bonds. The number of oxime groups is 1. The van der Waals surface area contributed by atoms with Crippen LogP contribution in [0.3, 0.4) is 0 Å². The Morgan fingerprint density at radius 3 is 2.60 bits per heavy atom. The summed E-state index contributed by atoms with van der Waals surface area (Å²) in [5.74, 6) is -1.40. The van der Waals surface area contributed by atoms with Crippen LogP contribution in [-0.4, -0.2) is 41.2 Å². The molecule has 0 unspecified atom stereocenters. The van der Waals surface area contributed by atoms with Crippen LogP contribution in [0.1, 0.15) is 0 Å². The number of hydrogen-bond acceptors (Lipinski definition) is 6. The molecule has 0 heterocycles. The Hall–Kier alpha value is -1.69. The zero-order valence-corrected chi connectivity index (χ0v) is 8.22. The molecule has 0 fully saturated rings. The van der Waals surface area contributed by atoms with Crippen LogP contribution in [0, 0.1) is 0 Å². The molecule has 0 radical (unpaired) electrons. The Morgan fingerprint density at radius 2 is 2.20 bits per heavy atom. The quantitative estimate of drug-likeness (QED) is 0.220. The third kappa shape index (κ3) is 4.37. The van der Waals surface area contributed by atoms with Gasteiger partial charge >= 0.3 is 5.97 Å². The maximum atomic E-state index is 11.1. The number of carboxylic acids is 1. The molecule has 8 heteroatoms. The number of aliphatic carboxylic acids is 1. The fourth-order valence-electron chi connectivity index (χ4n) is 0.567. The normalized spacial score (nSPS) is 12.5. The molecule has 0 aromatic rings. The van der Waals surface area contributed by atoms with Gasteiger partial charge < -0.3 is 14.7 Å². The average molecular weight is 236 g/mol. The highest BCUT2D eigenvalue weighted by Gasteiger charge is 2.29. The zero-order chi connectivity index (χ0) is 11.8. The van der Waals surface area contributed by atoms with Crippen LogP contribution in [0.5, 0.6) is 0 Å². The Labute approximate surface area is 88.9 Å². The molecule has 0 spiro atoms. The number of Topliss-reactive ketones (excluding diaryl/α,β-unsaturated/α-hetero) is 1. The topological polar surface area (TPSA) is 102 Å². The fraction of sp³-hybridized carbons (Fsp3) is 0.286. The van der Waals surface area contributed by atoms with E-state index < -0.39 is 23.0 Å². The first-order valence-electron chi connectivity index (χ1n) is 3.43. The van der Waals surface area contributed by atoms with Crippen molar-refractivity contribution in [1.29, 1.82) is 0 Å². The van der Waals surface area contributed by atoms with Crippen molar-refractivity contribution < 1.29 is 29.1 Å². The smallest absolute Gasteiger partial charge is 0.341 e. The van der Waals surface area contributed by atoms with E-state index in [1.54, 1.807) is 0 Å². The maximum absolute atomic E-state index is 11.1. The summed E-state index contributed by atoms with van der Waals surface area (Å²) in [6.45, 7) is 0. The van der Waals surface area contributed by atoms with Crippen molar-refractivity contribution in [2.75, 3.05) is 7.11 Å². The van der Waals surface area contributed by atoms with Crippen molar-refractivity contribution in [3.05, 3.63) is 6.26 Å². The second-order valence-electron chi connectivity index (χ2n) is 2.04. The van der Waals surface area contributed by atoms with Crippen molar-refractivity contribution in [3.8, 4) is 0 Å². The summed E-state index contributed by atoms with van der Waals surface area (Å²) in [4.78, 5) is 35.3. The van der Waals surface area contributed by atoms with E-state index in [4.69, 9.17) is 16.7 Å². The number of ether oxygens (including phenoxy) is 1. The van der Waals surface area contributed by atoms with Crippen LogP contribution >= 0.6 is 11.6 Å². The summed E-state index contributed by atoms with van der Waals surface area (Å²) in [6, 6.07) is 0. The summed E-state index contributed by atoms with van der Waals surface area (Å²) in [7, 11) is 1.02. The Balaban J connectivity index is 4.60. The lowest BCUT2D eigenvalue weighted by atomic mass is 10.2. The van der Waals surface area contributed by atoms with Crippen LogP contribution in [-0.2, 0) is 24.0 Å². The first-order valence-corrected chi connectivity index (χ1v) is 3.80. The molecule has 0 bridgehead atoms. The molecule has 0 saturated carbocycles. The van der Waals surface area contributed by atoms with Gasteiger partial charge in [-0.15, -0.1) is 0 Å². The van der Waals surface area contributed by atoms with E-state index in [9.17, 15) is 14.4 Å². The monoisotopic (exact) mass is 235 g/mol. The van der Waals surface area contributed by atoms with Crippen molar-refractivity contribution in [3.63, 3.8) is 0 Å². The largest absolute Gasteiger partial charge is 0.479 e. The number of carboxylic acid groups (broad SMARTS) is 1. The summed E-state index contributed by atoms with van der Waals surface area (Å²) in [5.41, 5.74) is 0. The summed E-state index contributed by atoms with van der Waals surface area (Å²) in [5, 5.41) is 10.7. The van der Waals surface area contributed by atoms with Crippen molar-refractivity contribution in [1.82, 2.24) is 0 Å². The maximum Gasteiger partial charge on any atom is 0.341 e. The number of halogens is 1. The zero-order valence-electron chi connectivity index (χ0n) is 7.47. The van der Waals surface area contributed by atoms with Crippen LogP contribution in [0.4, 0.5) is 0 Å². The number of nitrogens with zero attached hydrogens (tertiary/aromatic N) is 1. The minimum absolute atomic E-state index is 0.498. The molecule has 7 nitrogen and oxygen atoms in total. The predicted molar refractivity (Wildman–Crippen MR) is 48.1 cm³/mol. The minimum Gasteiger partial charge on any atom is -0.479 e. The molecule has 0 aromatic heterocycles. The van der Waals surface area contributed by atoms with Crippen LogP contribution in [0.25, 0.3) is 0 Å². The van der Waals surface area contributed by atoms with E-state index in [-0.39, 0.29) is 0 Å². The first kappa shape index (κ1) is 13.3. The first-order chi connectivity index (χ1) is 7.04. The van der Waals surface area contributed by atoms with E-state index in [0.29, 0.717) is 6.26 Å². The highest BCUT2D eigenvalue weighted by atomic mass is 35.5. The average Bonchev–Trinajstić information content (AvgIpc) is 2.18. The number of carbonyl (C=O) groups is 2. The SMILES string of the molecule is CO[C@@H](C(=O)O)C(=O)C(Cl)=NOC=C=O. The number of hydrogen-bond donors (Lipinski definition) is 1. The highest BCUT2D eigenvalue weighted by molar-refractivity contribution is 6.84. The van der Waals surface area contributed by atoms with E-state index in [0.717, 1.165) is 7.11 Å². The second-order valence-corrected chi connectivity index (χ2v) is 2.40. The van der Waals surface area contributed by atoms with Crippen LogP contribution in [0.15, 0.2) is 11.4 Å². The molecule has 0 aliphatic rings. The van der Waals surface area contributed by atoms with Gasteiger partial charge in [-0.05, 0) is 0 Å². The van der Waals surface area contributed by atoms with E-state index in [1.807, 2.05) is 0 Å². The summed E-state index contributed by atoms with van der Waals surface area (Å²) < 4.78 is 4.34. The van der Waals surface area contributed by atoms with Gasteiger partial charge in [-0.25, -0.2) is 9.59 Å². The molecule has 0 aliphatic carbocycles. The summed E-state index contributed by atoms with van der Waals surface area (Å²) in [6.07, 6.45) is -1.26. The van der Waals surface area contributed by atoms with E-state index in [2.05, 4.69) is 14.7 Å². The van der Waals surface area contributed by atoms with Crippen LogP contribution < -0.4 is 0 Å². The number of carbonyl (C=O) groups excluding carboxylic acids is 2.